The molecule has 0 spiro atoms. The van der Waals surface area contributed by atoms with Gasteiger partial charge in [0.05, 0.1) is 10.5 Å². The predicted octanol–water partition coefficient (Wildman–Crippen LogP) is 1.55. The Bertz CT molecular complexity index is 1040. The number of anilines is 1. The van der Waals surface area contributed by atoms with Crippen LogP contribution in [0.15, 0.2) is 28.7 Å². The van der Waals surface area contributed by atoms with Gasteiger partial charge in [0.15, 0.2) is 0 Å². The molecule has 0 saturated carbocycles. The third kappa shape index (κ3) is 4.82. The van der Waals surface area contributed by atoms with Gasteiger partial charge in [0.25, 0.3) is 17.5 Å². The molecule has 1 aliphatic rings. The van der Waals surface area contributed by atoms with Crippen LogP contribution in [0.1, 0.15) is 39.2 Å². The van der Waals surface area contributed by atoms with Crippen LogP contribution in [0.2, 0.25) is 0 Å². The number of nitro benzene ring substituents is 1. The van der Waals surface area contributed by atoms with Gasteiger partial charge in [-0.05, 0) is 32.0 Å². The lowest BCUT2D eigenvalue weighted by atomic mass is 10.1. The van der Waals surface area contributed by atoms with Gasteiger partial charge in [0, 0.05) is 44.7 Å². The maximum absolute atomic E-state index is 12.4. The average molecular weight is 429 g/mol. The molecule has 11 nitrogen and oxygen atoms in total. The molecule has 1 saturated heterocycles. The number of rotatable bonds is 4. The van der Waals surface area contributed by atoms with E-state index in [9.17, 15) is 24.5 Å². The molecule has 1 aliphatic heterocycles. The molecule has 3 amide bonds. The number of piperazine rings is 1. The molecule has 1 aromatic carbocycles. The lowest BCUT2D eigenvalue weighted by Gasteiger charge is -2.35. The first-order chi connectivity index (χ1) is 14.7. The number of hydrogen-bond acceptors (Lipinski definition) is 7. The fraction of sp³-hybridized carbons (Fsp3) is 0.350. The highest BCUT2D eigenvalue weighted by atomic mass is 16.6. The van der Waals surface area contributed by atoms with Gasteiger partial charge in [-0.2, -0.15) is 0 Å². The third-order valence-electron chi connectivity index (χ3n) is 5.08. The standard InChI is InChI=1S/C20H23N5O6/c1-12-10-16(13(2)31-12)20(28)22-21-19(27)15-4-5-17(18(11-15)25(29)30)24-8-6-23(7-9-24)14(3)26/h4-5,10-11H,6-9H2,1-3H3,(H,21,27)(H,22,28). The molecule has 0 atom stereocenters. The molecule has 2 heterocycles. The molecule has 0 bridgehead atoms. The second-order valence-corrected chi connectivity index (χ2v) is 7.19. The summed E-state index contributed by atoms with van der Waals surface area (Å²) >= 11 is 0. The van der Waals surface area contributed by atoms with Crippen LogP contribution in [-0.2, 0) is 4.79 Å². The van der Waals surface area contributed by atoms with Gasteiger partial charge in [-0.15, -0.1) is 0 Å². The summed E-state index contributed by atoms with van der Waals surface area (Å²) in [7, 11) is 0. The number of aryl methyl sites for hydroxylation is 2. The molecule has 11 heteroatoms. The Morgan fingerprint density at radius 2 is 1.68 bits per heavy atom. The van der Waals surface area contributed by atoms with Crippen LogP contribution < -0.4 is 15.8 Å². The maximum atomic E-state index is 12.4. The van der Waals surface area contributed by atoms with Crippen molar-refractivity contribution < 1.29 is 23.7 Å². The van der Waals surface area contributed by atoms with E-state index in [4.69, 9.17) is 4.42 Å². The van der Waals surface area contributed by atoms with Crippen molar-refractivity contribution in [2.24, 2.45) is 0 Å². The highest BCUT2D eigenvalue weighted by Crippen LogP contribution is 2.30. The van der Waals surface area contributed by atoms with E-state index < -0.39 is 16.7 Å². The number of carbonyl (C=O) groups is 3. The van der Waals surface area contributed by atoms with Crippen LogP contribution in [0.25, 0.3) is 0 Å². The molecular weight excluding hydrogens is 406 g/mol. The zero-order valence-electron chi connectivity index (χ0n) is 17.4. The van der Waals surface area contributed by atoms with Crippen LogP contribution in [0.3, 0.4) is 0 Å². The van der Waals surface area contributed by atoms with Crippen molar-refractivity contribution in [2.75, 3.05) is 31.1 Å². The van der Waals surface area contributed by atoms with Crippen LogP contribution in [-0.4, -0.2) is 53.7 Å². The minimum Gasteiger partial charge on any atom is -0.466 e. The van der Waals surface area contributed by atoms with Crippen LogP contribution in [0, 0.1) is 24.0 Å². The number of amides is 3. The quantitative estimate of drug-likeness (QED) is 0.555. The van der Waals surface area contributed by atoms with E-state index in [1.54, 1.807) is 24.8 Å². The zero-order chi connectivity index (χ0) is 22.7. The predicted molar refractivity (Wildman–Crippen MR) is 111 cm³/mol. The topological polar surface area (TPSA) is 138 Å². The monoisotopic (exact) mass is 429 g/mol. The highest BCUT2D eigenvalue weighted by Gasteiger charge is 2.26. The summed E-state index contributed by atoms with van der Waals surface area (Å²) in [6.45, 7) is 6.64. The molecule has 164 valence electrons. The van der Waals surface area contributed by atoms with E-state index in [2.05, 4.69) is 10.9 Å². The Labute approximate surface area is 178 Å². The van der Waals surface area contributed by atoms with Gasteiger partial charge < -0.3 is 14.2 Å². The second-order valence-electron chi connectivity index (χ2n) is 7.19. The van der Waals surface area contributed by atoms with E-state index in [0.717, 1.165) is 0 Å². The smallest absolute Gasteiger partial charge is 0.293 e. The minimum absolute atomic E-state index is 0.0261. The molecule has 0 radical (unpaired) electrons. The van der Waals surface area contributed by atoms with Crippen LogP contribution in [0.5, 0.6) is 0 Å². The van der Waals surface area contributed by atoms with Gasteiger partial charge in [-0.3, -0.25) is 35.3 Å². The number of hydrogen-bond donors (Lipinski definition) is 2. The normalized spacial score (nSPS) is 13.6. The summed E-state index contributed by atoms with van der Waals surface area (Å²) in [6.07, 6.45) is 0. The number of furan rings is 1. The summed E-state index contributed by atoms with van der Waals surface area (Å²) in [5.41, 5.74) is 4.99. The van der Waals surface area contributed by atoms with Crippen LogP contribution >= 0.6 is 0 Å². The first kappa shape index (κ1) is 21.8. The van der Waals surface area contributed by atoms with E-state index >= 15 is 0 Å². The van der Waals surface area contributed by atoms with E-state index in [1.807, 2.05) is 4.90 Å². The van der Waals surface area contributed by atoms with Crippen LogP contribution in [0.4, 0.5) is 11.4 Å². The van der Waals surface area contributed by atoms with Crippen molar-refractivity contribution in [1.82, 2.24) is 15.8 Å². The Balaban J connectivity index is 1.71. The van der Waals surface area contributed by atoms with Crippen molar-refractivity contribution in [3.63, 3.8) is 0 Å². The van der Waals surface area contributed by atoms with Crippen molar-refractivity contribution in [2.45, 2.75) is 20.8 Å². The largest absolute Gasteiger partial charge is 0.466 e. The fourth-order valence-electron chi connectivity index (χ4n) is 3.45. The SMILES string of the molecule is CC(=O)N1CCN(c2ccc(C(=O)NNC(=O)c3cc(C)oc3C)cc2[N+](=O)[O-])CC1. The summed E-state index contributed by atoms with van der Waals surface area (Å²) in [5, 5.41) is 11.6. The molecule has 0 unspecified atom stereocenters. The van der Waals surface area contributed by atoms with Gasteiger partial charge in [-0.1, -0.05) is 0 Å². The first-order valence-corrected chi connectivity index (χ1v) is 9.64. The molecule has 3 rings (SSSR count). The molecule has 2 N–H and O–H groups in total. The van der Waals surface area contributed by atoms with E-state index in [0.29, 0.717) is 43.4 Å². The average Bonchev–Trinajstić information content (AvgIpc) is 3.09. The zero-order valence-corrected chi connectivity index (χ0v) is 17.4. The number of nitrogens with zero attached hydrogens (tertiary/aromatic N) is 3. The molecule has 0 aliphatic carbocycles. The van der Waals surface area contributed by atoms with E-state index in [1.165, 1.54) is 25.1 Å². The number of nitrogens with one attached hydrogen (secondary N) is 2. The van der Waals surface area contributed by atoms with Crippen molar-refractivity contribution in [3.8, 4) is 0 Å². The van der Waals surface area contributed by atoms with Gasteiger partial charge in [-0.25, -0.2) is 0 Å². The lowest BCUT2D eigenvalue weighted by molar-refractivity contribution is -0.384. The van der Waals surface area contributed by atoms with Crippen molar-refractivity contribution in [3.05, 3.63) is 57.0 Å². The number of benzene rings is 1. The minimum atomic E-state index is -0.692. The van der Waals surface area contributed by atoms with Gasteiger partial charge in [0.1, 0.15) is 17.2 Å². The van der Waals surface area contributed by atoms with Gasteiger partial charge >= 0.3 is 0 Å². The fourth-order valence-corrected chi connectivity index (χ4v) is 3.45. The number of hydrazine groups is 1. The highest BCUT2D eigenvalue weighted by molar-refractivity contribution is 6.00. The summed E-state index contributed by atoms with van der Waals surface area (Å²) in [6, 6.07) is 5.67. The number of carbonyl (C=O) groups excluding carboxylic acids is 3. The number of nitro groups is 1. The Morgan fingerprint density at radius 3 is 2.23 bits per heavy atom. The first-order valence-electron chi connectivity index (χ1n) is 9.64. The van der Waals surface area contributed by atoms with Crippen molar-refractivity contribution in [1.29, 1.82) is 0 Å². The summed E-state index contributed by atoms with van der Waals surface area (Å²) in [4.78, 5) is 50.6. The lowest BCUT2D eigenvalue weighted by Crippen LogP contribution is -2.48. The second kappa shape index (κ2) is 8.86. The summed E-state index contributed by atoms with van der Waals surface area (Å²) < 4.78 is 5.28. The summed E-state index contributed by atoms with van der Waals surface area (Å²) in [5.74, 6) is -0.318. The Morgan fingerprint density at radius 1 is 1.03 bits per heavy atom. The maximum Gasteiger partial charge on any atom is 0.293 e. The molecule has 31 heavy (non-hydrogen) atoms. The van der Waals surface area contributed by atoms with Crippen molar-refractivity contribution >= 4 is 29.1 Å². The Hall–Kier alpha value is -3.89. The Kier molecular flexibility index (Phi) is 6.23. The molecule has 1 fully saturated rings. The van der Waals surface area contributed by atoms with Gasteiger partial charge in [0.2, 0.25) is 5.91 Å². The molecule has 1 aromatic heterocycles. The molecule has 2 aromatic rings. The molecular formula is C20H23N5O6. The van der Waals surface area contributed by atoms with E-state index in [-0.39, 0.29) is 22.7 Å². The third-order valence-corrected chi connectivity index (χ3v) is 5.08.